The van der Waals surface area contributed by atoms with Gasteiger partial charge in [0.1, 0.15) is 11.6 Å². The lowest BCUT2D eigenvalue weighted by molar-refractivity contribution is 0.0395. The van der Waals surface area contributed by atoms with Gasteiger partial charge in [-0.25, -0.2) is 8.78 Å². The van der Waals surface area contributed by atoms with Crippen LogP contribution in [0.4, 0.5) is 8.78 Å². The van der Waals surface area contributed by atoms with E-state index in [1.54, 1.807) is 6.92 Å². The van der Waals surface area contributed by atoms with Crippen molar-refractivity contribution in [3.63, 3.8) is 0 Å². The first-order valence-electron chi connectivity index (χ1n) is 8.31. The van der Waals surface area contributed by atoms with Gasteiger partial charge in [0.25, 0.3) is 0 Å². The molecule has 0 radical (unpaired) electrons. The maximum absolute atomic E-state index is 14.1. The van der Waals surface area contributed by atoms with Crippen LogP contribution in [0.3, 0.4) is 0 Å². The van der Waals surface area contributed by atoms with E-state index in [1.165, 1.54) is 12.1 Å². The molecule has 1 atom stereocenters. The largest absolute Gasteiger partial charge is 0.414 e. The molecule has 130 valence electrons. The Labute approximate surface area is 139 Å². The van der Waals surface area contributed by atoms with Gasteiger partial charge < -0.3 is 10.2 Å². The van der Waals surface area contributed by atoms with Gasteiger partial charge in [-0.15, -0.1) is 0 Å². The Morgan fingerprint density at radius 3 is 2.26 bits per heavy atom. The maximum atomic E-state index is 14.1. The molecule has 2 rings (SSSR count). The molecule has 23 heavy (non-hydrogen) atoms. The smallest absolute Gasteiger partial charge is 0.192 e. The summed E-state index contributed by atoms with van der Waals surface area (Å²) in [5.41, 5.74) is 6.77. The van der Waals surface area contributed by atoms with Crippen LogP contribution >= 0.6 is 0 Å². The van der Waals surface area contributed by atoms with Gasteiger partial charge in [0, 0.05) is 17.7 Å². The van der Waals surface area contributed by atoms with Crippen LogP contribution in [-0.2, 0) is 4.43 Å². The van der Waals surface area contributed by atoms with Gasteiger partial charge in [0.15, 0.2) is 8.32 Å². The van der Waals surface area contributed by atoms with Gasteiger partial charge in [0.2, 0.25) is 0 Å². The van der Waals surface area contributed by atoms with Crippen molar-refractivity contribution in [1.29, 1.82) is 0 Å². The van der Waals surface area contributed by atoms with E-state index in [0.717, 1.165) is 12.8 Å². The Bertz CT molecular complexity index is 577. The molecule has 0 saturated heterocycles. The van der Waals surface area contributed by atoms with Crippen LogP contribution in [0.1, 0.15) is 50.8 Å². The highest BCUT2D eigenvalue weighted by molar-refractivity contribution is 6.74. The highest BCUT2D eigenvalue weighted by Gasteiger charge is 2.43. The monoisotopic (exact) mass is 341 g/mol. The third kappa shape index (κ3) is 3.83. The normalized spacial score (nSPS) is 23.5. The molecule has 0 unspecified atom stereocenters. The molecular weight excluding hydrogens is 312 g/mol. The number of hydrogen-bond acceptors (Lipinski definition) is 2. The second-order valence-electron chi connectivity index (χ2n) is 8.38. The third-order valence-corrected chi connectivity index (χ3v) is 10.1. The minimum Gasteiger partial charge on any atom is -0.414 e. The van der Waals surface area contributed by atoms with Crippen molar-refractivity contribution in [1.82, 2.24) is 0 Å². The summed E-state index contributed by atoms with van der Waals surface area (Å²) >= 11 is 0. The standard InChI is InChI=1S/C18H29F2NOSi/c1-11-7-16(20)14(10-15(11)19)17(21)12-8-13(9-12)22-23(5,6)18(2,3)4/h7,10,12-13,17H,8-9,21H2,1-6H3/t12?,13?,17-/m1/s1. The van der Waals surface area contributed by atoms with E-state index in [9.17, 15) is 8.78 Å². The fourth-order valence-corrected chi connectivity index (χ4v) is 4.14. The Kier molecular flexibility index (Phi) is 5.05. The summed E-state index contributed by atoms with van der Waals surface area (Å²) in [5.74, 6) is -0.656. The number of rotatable bonds is 4. The van der Waals surface area contributed by atoms with E-state index in [-0.39, 0.29) is 22.6 Å². The third-order valence-electron chi connectivity index (χ3n) is 5.54. The minimum atomic E-state index is -1.78. The molecule has 5 heteroatoms. The average molecular weight is 342 g/mol. The van der Waals surface area contributed by atoms with E-state index in [4.69, 9.17) is 10.2 Å². The van der Waals surface area contributed by atoms with Crippen LogP contribution in [0.2, 0.25) is 18.1 Å². The summed E-state index contributed by atoms with van der Waals surface area (Å²) in [6.45, 7) is 12.7. The molecule has 0 aromatic heterocycles. The van der Waals surface area contributed by atoms with Gasteiger partial charge in [-0.2, -0.15) is 0 Å². The first-order valence-corrected chi connectivity index (χ1v) is 11.2. The zero-order valence-electron chi connectivity index (χ0n) is 15.0. The first-order chi connectivity index (χ1) is 10.4. The molecular formula is C18H29F2NOSi. The molecule has 1 aromatic rings. The number of hydrogen-bond donors (Lipinski definition) is 1. The SMILES string of the molecule is Cc1cc(F)c([C@H](N)C2CC(O[Si](C)(C)C(C)(C)C)C2)cc1F. The lowest BCUT2D eigenvalue weighted by atomic mass is 9.75. The van der Waals surface area contributed by atoms with Gasteiger partial charge in [0.05, 0.1) is 0 Å². The summed E-state index contributed by atoms with van der Waals surface area (Å²) < 4.78 is 34.1. The van der Waals surface area contributed by atoms with Crippen LogP contribution in [0.5, 0.6) is 0 Å². The second-order valence-corrected chi connectivity index (χ2v) is 13.1. The second kappa shape index (κ2) is 6.26. The Balaban J connectivity index is 1.99. The first kappa shape index (κ1) is 18.6. The van der Waals surface area contributed by atoms with E-state index in [1.807, 2.05) is 0 Å². The molecule has 1 aliphatic rings. The highest BCUT2D eigenvalue weighted by Crippen LogP contribution is 2.44. The van der Waals surface area contributed by atoms with Crippen molar-refractivity contribution in [3.05, 3.63) is 34.9 Å². The van der Waals surface area contributed by atoms with Crippen molar-refractivity contribution in [2.24, 2.45) is 11.7 Å². The van der Waals surface area contributed by atoms with Crippen molar-refractivity contribution in [3.8, 4) is 0 Å². The van der Waals surface area contributed by atoms with Gasteiger partial charge in [-0.05, 0) is 61.5 Å². The van der Waals surface area contributed by atoms with E-state index >= 15 is 0 Å². The zero-order chi connectivity index (χ0) is 17.6. The predicted octanol–water partition coefficient (Wildman–Crippen LogP) is 5.07. The van der Waals surface area contributed by atoms with Crippen molar-refractivity contribution < 1.29 is 13.2 Å². The Morgan fingerprint density at radius 2 is 1.74 bits per heavy atom. The topological polar surface area (TPSA) is 35.2 Å². The number of nitrogens with two attached hydrogens (primary N) is 1. The number of aryl methyl sites for hydroxylation is 1. The summed E-state index contributed by atoms with van der Waals surface area (Å²) in [7, 11) is -1.78. The molecule has 2 N–H and O–H groups in total. The molecule has 2 nitrogen and oxygen atoms in total. The average Bonchev–Trinajstić information content (AvgIpc) is 2.35. The van der Waals surface area contributed by atoms with E-state index in [2.05, 4.69) is 33.9 Å². The minimum absolute atomic E-state index is 0.154. The summed E-state index contributed by atoms with van der Waals surface area (Å²) in [5, 5.41) is 0.173. The predicted molar refractivity (Wildman–Crippen MR) is 92.8 cm³/mol. The van der Waals surface area contributed by atoms with Crippen molar-refractivity contribution >= 4 is 8.32 Å². The molecule has 0 heterocycles. The molecule has 1 fully saturated rings. The summed E-state index contributed by atoms with van der Waals surface area (Å²) in [6, 6.07) is 2.01. The molecule has 0 spiro atoms. The van der Waals surface area contributed by atoms with Gasteiger partial charge in [-0.3, -0.25) is 0 Å². The van der Waals surface area contributed by atoms with Crippen LogP contribution in [0.15, 0.2) is 12.1 Å². The van der Waals surface area contributed by atoms with E-state index in [0.29, 0.717) is 5.56 Å². The molecule has 1 aromatic carbocycles. The molecule has 0 bridgehead atoms. The molecule has 0 amide bonds. The lowest BCUT2D eigenvalue weighted by Crippen LogP contribution is -2.49. The molecule has 1 aliphatic carbocycles. The summed E-state index contributed by atoms with van der Waals surface area (Å²) in [4.78, 5) is 0. The number of halogens is 2. The fraction of sp³-hybridized carbons (Fsp3) is 0.667. The van der Waals surface area contributed by atoms with E-state index < -0.39 is 26.0 Å². The quantitative estimate of drug-likeness (QED) is 0.776. The highest BCUT2D eigenvalue weighted by atomic mass is 28.4. The fourth-order valence-electron chi connectivity index (χ4n) is 2.76. The van der Waals surface area contributed by atoms with Gasteiger partial charge in [-0.1, -0.05) is 20.8 Å². The molecule has 0 aliphatic heterocycles. The maximum Gasteiger partial charge on any atom is 0.192 e. The van der Waals surface area contributed by atoms with Crippen molar-refractivity contribution in [2.75, 3.05) is 0 Å². The van der Waals surface area contributed by atoms with Crippen LogP contribution in [-0.4, -0.2) is 14.4 Å². The van der Waals surface area contributed by atoms with Crippen LogP contribution in [0, 0.1) is 24.5 Å². The summed E-state index contributed by atoms with van der Waals surface area (Å²) in [6.07, 6.45) is 1.84. The van der Waals surface area contributed by atoms with Crippen LogP contribution < -0.4 is 5.73 Å². The lowest BCUT2D eigenvalue weighted by Gasteiger charge is -2.46. The Morgan fingerprint density at radius 1 is 1.17 bits per heavy atom. The Hall–Kier alpha value is -0.783. The zero-order valence-corrected chi connectivity index (χ0v) is 16.0. The van der Waals surface area contributed by atoms with Crippen LogP contribution in [0.25, 0.3) is 0 Å². The van der Waals surface area contributed by atoms with Crippen molar-refractivity contribution in [2.45, 2.75) is 70.8 Å². The van der Waals surface area contributed by atoms with Gasteiger partial charge >= 0.3 is 0 Å². The number of benzene rings is 1. The molecule has 1 saturated carbocycles.